The maximum Gasteiger partial charge on any atom is 0.242 e. The Morgan fingerprint density at radius 2 is 1.96 bits per heavy atom. The van der Waals surface area contributed by atoms with Crippen LogP contribution in [-0.2, 0) is 9.53 Å². The predicted octanol–water partition coefficient (Wildman–Crippen LogP) is 0.839. The van der Waals surface area contributed by atoms with E-state index in [0.717, 1.165) is 25.3 Å². The molecular formula is C16H24ClN3O3. The summed E-state index contributed by atoms with van der Waals surface area (Å²) in [4.78, 5) is 16.6. The molecule has 1 aromatic carbocycles. The molecule has 3 rings (SSSR count). The largest absolute Gasteiger partial charge is 0.506 e. The topological polar surface area (TPSA) is 65.0 Å². The van der Waals surface area contributed by atoms with Crippen LogP contribution in [0.1, 0.15) is 6.92 Å². The Morgan fingerprint density at radius 1 is 1.26 bits per heavy atom. The highest BCUT2D eigenvalue weighted by Crippen LogP contribution is 2.27. The predicted molar refractivity (Wildman–Crippen MR) is 91.4 cm³/mol. The van der Waals surface area contributed by atoms with Gasteiger partial charge in [-0.1, -0.05) is 12.1 Å². The lowest BCUT2D eigenvalue weighted by molar-refractivity contribution is -0.139. The van der Waals surface area contributed by atoms with Crippen molar-refractivity contribution in [2.24, 2.45) is 0 Å². The molecule has 2 fully saturated rings. The molecule has 7 heteroatoms. The molecule has 2 heterocycles. The second-order valence-electron chi connectivity index (χ2n) is 5.81. The molecule has 0 aliphatic carbocycles. The number of anilines is 1. The summed E-state index contributed by atoms with van der Waals surface area (Å²) in [5.74, 6) is 0.405. The lowest BCUT2D eigenvalue weighted by atomic mass is 10.1. The number of carbonyl (C=O) groups excluding carboxylic acids is 1. The van der Waals surface area contributed by atoms with E-state index in [-0.39, 0.29) is 30.5 Å². The molecule has 1 amide bonds. The molecule has 2 aliphatic heterocycles. The number of carbonyl (C=O) groups is 1. The van der Waals surface area contributed by atoms with E-state index >= 15 is 0 Å². The van der Waals surface area contributed by atoms with Gasteiger partial charge in [0.25, 0.3) is 0 Å². The van der Waals surface area contributed by atoms with Gasteiger partial charge in [-0.2, -0.15) is 0 Å². The van der Waals surface area contributed by atoms with Gasteiger partial charge in [0.05, 0.1) is 18.4 Å². The van der Waals surface area contributed by atoms with Crippen LogP contribution in [-0.4, -0.2) is 67.4 Å². The molecule has 2 N–H and O–H groups in total. The van der Waals surface area contributed by atoms with E-state index in [2.05, 4.69) is 10.2 Å². The summed E-state index contributed by atoms with van der Waals surface area (Å²) in [6.07, 6.45) is -0.0857. The van der Waals surface area contributed by atoms with E-state index in [1.165, 1.54) is 0 Å². The summed E-state index contributed by atoms with van der Waals surface area (Å²) < 4.78 is 5.56. The van der Waals surface area contributed by atoms with Crippen LogP contribution in [0.3, 0.4) is 0 Å². The molecular weight excluding hydrogens is 318 g/mol. The number of hydrogen-bond donors (Lipinski definition) is 2. The van der Waals surface area contributed by atoms with Gasteiger partial charge >= 0.3 is 0 Å². The number of rotatable bonds is 2. The highest BCUT2D eigenvalue weighted by molar-refractivity contribution is 5.85. The van der Waals surface area contributed by atoms with Gasteiger partial charge in [-0.15, -0.1) is 12.4 Å². The fraction of sp³-hybridized carbons (Fsp3) is 0.562. The molecule has 0 bridgehead atoms. The molecule has 0 spiro atoms. The molecule has 0 unspecified atom stereocenters. The Kier molecular flexibility index (Phi) is 6.10. The minimum absolute atomic E-state index is 0. The van der Waals surface area contributed by atoms with E-state index in [9.17, 15) is 9.90 Å². The van der Waals surface area contributed by atoms with E-state index in [0.29, 0.717) is 25.4 Å². The Balaban J connectivity index is 0.00000192. The zero-order valence-electron chi connectivity index (χ0n) is 13.3. The Labute approximate surface area is 142 Å². The Hall–Kier alpha value is -1.50. The number of phenolic OH excluding ortho intramolecular Hbond substituents is 1. The molecule has 23 heavy (non-hydrogen) atoms. The van der Waals surface area contributed by atoms with Crippen LogP contribution in [0.4, 0.5) is 5.69 Å². The molecule has 1 aromatic rings. The van der Waals surface area contributed by atoms with E-state index in [1.807, 2.05) is 30.0 Å². The number of phenols is 1. The molecule has 6 nitrogen and oxygen atoms in total. The maximum atomic E-state index is 12.6. The first kappa shape index (κ1) is 17.8. The van der Waals surface area contributed by atoms with Gasteiger partial charge in [0, 0.05) is 32.7 Å². The minimum atomic E-state index is -0.245. The molecule has 0 aromatic heterocycles. The van der Waals surface area contributed by atoms with Gasteiger partial charge in [0.1, 0.15) is 11.8 Å². The van der Waals surface area contributed by atoms with Crippen LogP contribution in [0.5, 0.6) is 5.75 Å². The second-order valence-corrected chi connectivity index (χ2v) is 5.81. The summed E-state index contributed by atoms with van der Waals surface area (Å²) in [6, 6.07) is 7.08. The summed E-state index contributed by atoms with van der Waals surface area (Å²) in [5, 5.41) is 13.2. The SMILES string of the molecule is C[C@H]1OCCN[C@@H]1C(=O)N1CCN(c2ccccc2O)CC1.Cl. The van der Waals surface area contributed by atoms with E-state index in [1.54, 1.807) is 6.07 Å². The maximum absolute atomic E-state index is 12.6. The van der Waals surface area contributed by atoms with Crippen LogP contribution in [0.2, 0.25) is 0 Å². The molecule has 2 saturated heterocycles. The zero-order valence-corrected chi connectivity index (χ0v) is 14.1. The van der Waals surface area contributed by atoms with Crippen molar-refractivity contribution < 1.29 is 14.6 Å². The fourth-order valence-corrected chi connectivity index (χ4v) is 3.11. The Morgan fingerprint density at radius 3 is 2.61 bits per heavy atom. The molecule has 2 aliphatic rings. The normalized spacial score (nSPS) is 24.9. The number of piperazine rings is 1. The van der Waals surface area contributed by atoms with Crippen molar-refractivity contribution in [3.8, 4) is 5.75 Å². The van der Waals surface area contributed by atoms with Crippen molar-refractivity contribution in [1.29, 1.82) is 0 Å². The minimum Gasteiger partial charge on any atom is -0.506 e. The molecule has 0 saturated carbocycles. The summed E-state index contributed by atoms with van der Waals surface area (Å²) in [7, 11) is 0. The number of hydrogen-bond acceptors (Lipinski definition) is 5. The zero-order chi connectivity index (χ0) is 15.5. The number of ether oxygens (including phenoxy) is 1. The summed E-state index contributed by atoms with van der Waals surface area (Å²) >= 11 is 0. The van der Waals surface area contributed by atoms with Gasteiger partial charge in [0.15, 0.2) is 0 Å². The van der Waals surface area contributed by atoms with E-state index in [4.69, 9.17) is 4.74 Å². The third-order valence-corrected chi connectivity index (χ3v) is 4.40. The standard InChI is InChI=1S/C16H23N3O3.ClH/c1-12-15(17-6-11-22-12)16(21)19-9-7-18(8-10-19)13-4-2-3-5-14(13)20;/h2-5,12,15,17,20H,6-11H2,1H3;1H/t12-,15+;/m1./s1. The van der Waals surface area contributed by atoms with Crippen molar-refractivity contribution in [2.45, 2.75) is 19.1 Å². The van der Waals surface area contributed by atoms with Crippen molar-refractivity contribution >= 4 is 24.0 Å². The number of aromatic hydroxyl groups is 1. The van der Waals surface area contributed by atoms with Crippen LogP contribution >= 0.6 is 12.4 Å². The van der Waals surface area contributed by atoms with Crippen LogP contribution < -0.4 is 10.2 Å². The number of halogens is 1. The van der Waals surface area contributed by atoms with Gasteiger partial charge in [-0.05, 0) is 19.1 Å². The average molecular weight is 342 g/mol. The van der Waals surface area contributed by atoms with E-state index < -0.39 is 0 Å². The van der Waals surface area contributed by atoms with Crippen LogP contribution in [0.25, 0.3) is 0 Å². The van der Waals surface area contributed by atoms with Crippen molar-refractivity contribution in [3.05, 3.63) is 24.3 Å². The number of amides is 1. The van der Waals surface area contributed by atoms with Gasteiger partial charge in [0.2, 0.25) is 5.91 Å². The van der Waals surface area contributed by atoms with Crippen molar-refractivity contribution in [1.82, 2.24) is 10.2 Å². The fourth-order valence-electron chi connectivity index (χ4n) is 3.11. The first-order valence-electron chi connectivity index (χ1n) is 7.83. The number of nitrogens with zero attached hydrogens (tertiary/aromatic N) is 2. The first-order valence-corrected chi connectivity index (χ1v) is 7.83. The summed E-state index contributed by atoms with van der Waals surface area (Å²) in [5.41, 5.74) is 0.835. The van der Waals surface area contributed by atoms with Gasteiger partial charge in [-0.3, -0.25) is 4.79 Å². The van der Waals surface area contributed by atoms with Crippen LogP contribution in [0.15, 0.2) is 24.3 Å². The number of nitrogens with one attached hydrogen (secondary N) is 1. The number of morpholine rings is 1. The average Bonchev–Trinajstić information content (AvgIpc) is 2.55. The number of para-hydroxylation sites is 2. The van der Waals surface area contributed by atoms with Crippen LogP contribution in [0, 0.1) is 0 Å². The number of benzene rings is 1. The molecule has 2 atom stereocenters. The third kappa shape index (κ3) is 3.88. The smallest absolute Gasteiger partial charge is 0.242 e. The first-order chi connectivity index (χ1) is 10.7. The lowest BCUT2D eigenvalue weighted by Crippen LogP contribution is -2.59. The van der Waals surface area contributed by atoms with Gasteiger partial charge < -0.3 is 25.0 Å². The third-order valence-electron chi connectivity index (χ3n) is 4.40. The molecule has 128 valence electrons. The second kappa shape index (κ2) is 7.86. The highest BCUT2D eigenvalue weighted by atomic mass is 35.5. The lowest BCUT2D eigenvalue weighted by Gasteiger charge is -2.39. The quantitative estimate of drug-likeness (QED) is 0.834. The Bertz CT molecular complexity index is 535. The van der Waals surface area contributed by atoms with Gasteiger partial charge in [-0.25, -0.2) is 0 Å². The highest BCUT2D eigenvalue weighted by Gasteiger charge is 2.33. The summed E-state index contributed by atoms with van der Waals surface area (Å²) in [6.45, 7) is 6.10. The monoisotopic (exact) mass is 341 g/mol. The molecule has 0 radical (unpaired) electrons. The van der Waals surface area contributed by atoms with Crippen molar-refractivity contribution in [2.75, 3.05) is 44.2 Å². The van der Waals surface area contributed by atoms with Crippen molar-refractivity contribution in [3.63, 3.8) is 0 Å².